The van der Waals surface area contributed by atoms with Gasteiger partial charge in [-0.25, -0.2) is 4.79 Å². The zero-order valence-electron chi connectivity index (χ0n) is 8.77. The molecule has 1 amide bonds. The molecule has 0 unspecified atom stereocenters. The summed E-state index contributed by atoms with van der Waals surface area (Å²) in [5, 5.41) is 11.4. The Bertz CT molecular complexity index is 412. The van der Waals surface area contributed by atoms with Crippen molar-refractivity contribution in [2.24, 2.45) is 0 Å². The Labute approximate surface area is 93.6 Å². The maximum absolute atomic E-state index is 11.4. The van der Waals surface area contributed by atoms with Gasteiger partial charge in [-0.3, -0.25) is 4.79 Å². The van der Waals surface area contributed by atoms with Crippen molar-refractivity contribution < 1.29 is 14.7 Å². The Hall–Kier alpha value is -2.10. The predicted octanol–water partition coefficient (Wildman–Crippen LogP) is 2.29. The highest BCUT2D eigenvalue weighted by Gasteiger charge is 2.10. The normalized spacial score (nSPS) is 9.50. The number of carboxylic acid groups (broad SMARTS) is 1. The second-order valence-electron chi connectivity index (χ2n) is 3.23. The summed E-state index contributed by atoms with van der Waals surface area (Å²) in [6.07, 6.45) is 2.52. The Morgan fingerprint density at radius 2 is 2.06 bits per heavy atom. The molecule has 0 atom stereocenters. The van der Waals surface area contributed by atoms with Crippen molar-refractivity contribution in [3.05, 3.63) is 42.5 Å². The van der Waals surface area contributed by atoms with E-state index in [1.165, 1.54) is 6.07 Å². The standard InChI is InChI=1S/C12H13NO3/c1-2-3-8-11(14)13-10-7-5-4-6-9(10)12(15)16/h2,4-7H,1,3,8H2,(H,13,14)(H,15,16). The van der Waals surface area contributed by atoms with Crippen LogP contribution in [0, 0.1) is 0 Å². The lowest BCUT2D eigenvalue weighted by atomic mass is 10.1. The zero-order chi connectivity index (χ0) is 12.0. The van der Waals surface area contributed by atoms with Gasteiger partial charge < -0.3 is 10.4 Å². The minimum absolute atomic E-state index is 0.0921. The van der Waals surface area contributed by atoms with E-state index in [9.17, 15) is 9.59 Å². The van der Waals surface area contributed by atoms with E-state index in [1.807, 2.05) is 0 Å². The Morgan fingerprint density at radius 1 is 1.38 bits per heavy atom. The van der Waals surface area contributed by atoms with Gasteiger partial charge in [0.2, 0.25) is 5.91 Å². The number of rotatable bonds is 5. The fraction of sp³-hybridized carbons (Fsp3) is 0.167. The second-order valence-corrected chi connectivity index (χ2v) is 3.23. The molecule has 16 heavy (non-hydrogen) atoms. The van der Waals surface area contributed by atoms with E-state index in [2.05, 4.69) is 11.9 Å². The van der Waals surface area contributed by atoms with Crippen molar-refractivity contribution in [3.8, 4) is 0 Å². The van der Waals surface area contributed by atoms with Gasteiger partial charge in [-0.1, -0.05) is 18.2 Å². The molecule has 0 fully saturated rings. The number of para-hydroxylation sites is 1. The predicted molar refractivity (Wildman–Crippen MR) is 61.5 cm³/mol. The molecule has 0 aliphatic carbocycles. The SMILES string of the molecule is C=CCCC(=O)Nc1ccccc1C(=O)O. The molecule has 1 aromatic rings. The number of carbonyl (C=O) groups excluding carboxylic acids is 1. The molecule has 4 nitrogen and oxygen atoms in total. The van der Waals surface area contributed by atoms with Crippen LogP contribution >= 0.6 is 0 Å². The Kier molecular flexibility index (Phi) is 4.27. The van der Waals surface area contributed by atoms with E-state index in [-0.39, 0.29) is 11.5 Å². The van der Waals surface area contributed by atoms with E-state index < -0.39 is 5.97 Å². The number of allylic oxidation sites excluding steroid dienone is 1. The fourth-order valence-electron chi connectivity index (χ4n) is 1.22. The summed E-state index contributed by atoms with van der Waals surface area (Å²) in [4.78, 5) is 22.2. The summed E-state index contributed by atoms with van der Waals surface area (Å²) in [7, 11) is 0. The van der Waals surface area contributed by atoms with Gasteiger partial charge in [-0.05, 0) is 18.6 Å². The van der Waals surface area contributed by atoms with Crippen LogP contribution in [0.15, 0.2) is 36.9 Å². The van der Waals surface area contributed by atoms with Gasteiger partial charge >= 0.3 is 5.97 Å². The van der Waals surface area contributed by atoms with Crippen molar-refractivity contribution in [2.75, 3.05) is 5.32 Å². The molecule has 0 spiro atoms. The van der Waals surface area contributed by atoms with Crippen molar-refractivity contribution in [1.82, 2.24) is 0 Å². The topological polar surface area (TPSA) is 66.4 Å². The third kappa shape index (κ3) is 3.24. The molecule has 1 rings (SSSR count). The number of carbonyl (C=O) groups is 2. The van der Waals surface area contributed by atoms with E-state index in [4.69, 9.17) is 5.11 Å². The smallest absolute Gasteiger partial charge is 0.337 e. The first-order valence-corrected chi connectivity index (χ1v) is 4.88. The minimum atomic E-state index is -1.06. The van der Waals surface area contributed by atoms with Gasteiger partial charge in [0, 0.05) is 6.42 Å². The fourth-order valence-corrected chi connectivity index (χ4v) is 1.22. The highest BCUT2D eigenvalue weighted by atomic mass is 16.4. The molecule has 0 saturated carbocycles. The molecule has 0 aliphatic heterocycles. The largest absolute Gasteiger partial charge is 0.478 e. The maximum Gasteiger partial charge on any atom is 0.337 e. The average molecular weight is 219 g/mol. The van der Waals surface area contributed by atoms with Crippen LogP contribution in [-0.4, -0.2) is 17.0 Å². The van der Waals surface area contributed by atoms with Gasteiger partial charge in [0.05, 0.1) is 11.3 Å². The molecular weight excluding hydrogens is 206 g/mol. The molecule has 0 radical (unpaired) electrons. The number of anilines is 1. The Balaban J connectivity index is 2.76. The maximum atomic E-state index is 11.4. The van der Waals surface area contributed by atoms with E-state index in [0.717, 1.165) is 0 Å². The van der Waals surface area contributed by atoms with E-state index in [1.54, 1.807) is 24.3 Å². The molecule has 2 N–H and O–H groups in total. The summed E-state index contributed by atoms with van der Waals surface area (Å²) in [6.45, 7) is 3.51. The summed E-state index contributed by atoms with van der Waals surface area (Å²) < 4.78 is 0. The highest BCUT2D eigenvalue weighted by Crippen LogP contribution is 2.15. The molecule has 0 heterocycles. The number of hydrogen-bond acceptors (Lipinski definition) is 2. The quantitative estimate of drug-likeness (QED) is 0.746. The summed E-state index contributed by atoms with van der Waals surface area (Å²) in [5.41, 5.74) is 0.415. The summed E-state index contributed by atoms with van der Waals surface area (Å²) >= 11 is 0. The van der Waals surface area contributed by atoms with Crippen molar-refractivity contribution in [3.63, 3.8) is 0 Å². The third-order valence-electron chi connectivity index (χ3n) is 2.01. The first-order valence-electron chi connectivity index (χ1n) is 4.88. The highest BCUT2D eigenvalue weighted by molar-refractivity contribution is 6.00. The van der Waals surface area contributed by atoms with Crippen LogP contribution < -0.4 is 5.32 Å². The molecule has 0 aromatic heterocycles. The summed E-state index contributed by atoms with van der Waals surface area (Å²) in [6, 6.07) is 6.30. The van der Waals surface area contributed by atoms with Gasteiger partial charge in [0.1, 0.15) is 0 Å². The van der Waals surface area contributed by atoms with Crippen molar-refractivity contribution in [2.45, 2.75) is 12.8 Å². The van der Waals surface area contributed by atoms with Crippen LogP contribution in [-0.2, 0) is 4.79 Å². The minimum Gasteiger partial charge on any atom is -0.478 e. The first kappa shape index (κ1) is 12.0. The van der Waals surface area contributed by atoms with E-state index >= 15 is 0 Å². The number of carboxylic acids is 1. The van der Waals surface area contributed by atoms with Gasteiger partial charge in [0.25, 0.3) is 0 Å². The second kappa shape index (κ2) is 5.70. The lowest BCUT2D eigenvalue weighted by molar-refractivity contribution is -0.116. The molecule has 84 valence electrons. The lowest BCUT2D eigenvalue weighted by Gasteiger charge is -2.07. The number of aromatic carboxylic acids is 1. The lowest BCUT2D eigenvalue weighted by Crippen LogP contribution is -2.13. The average Bonchev–Trinajstić information content (AvgIpc) is 2.27. The molecule has 0 bridgehead atoms. The van der Waals surface area contributed by atoms with E-state index in [0.29, 0.717) is 18.5 Å². The van der Waals surface area contributed by atoms with Gasteiger partial charge in [-0.15, -0.1) is 6.58 Å². The van der Waals surface area contributed by atoms with Crippen LogP contribution in [0.2, 0.25) is 0 Å². The molecule has 0 saturated heterocycles. The number of amides is 1. The zero-order valence-corrected chi connectivity index (χ0v) is 8.77. The number of nitrogens with one attached hydrogen (secondary N) is 1. The van der Waals surface area contributed by atoms with Crippen LogP contribution in [0.5, 0.6) is 0 Å². The first-order chi connectivity index (χ1) is 7.65. The monoisotopic (exact) mass is 219 g/mol. The number of hydrogen-bond donors (Lipinski definition) is 2. The molecule has 4 heteroatoms. The molecule has 0 aliphatic rings. The summed E-state index contributed by atoms with van der Waals surface area (Å²) in [5.74, 6) is -1.27. The Morgan fingerprint density at radius 3 is 2.69 bits per heavy atom. The van der Waals surface area contributed by atoms with Crippen molar-refractivity contribution in [1.29, 1.82) is 0 Å². The van der Waals surface area contributed by atoms with Gasteiger partial charge in [-0.2, -0.15) is 0 Å². The van der Waals surface area contributed by atoms with Crippen LogP contribution in [0.3, 0.4) is 0 Å². The number of benzene rings is 1. The van der Waals surface area contributed by atoms with Crippen LogP contribution in [0.4, 0.5) is 5.69 Å². The van der Waals surface area contributed by atoms with Crippen LogP contribution in [0.1, 0.15) is 23.2 Å². The molecular formula is C12H13NO3. The van der Waals surface area contributed by atoms with Crippen LogP contribution in [0.25, 0.3) is 0 Å². The van der Waals surface area contributed by atoms with Crippen molar-refractivity contribution >= 4 is 17.6 Å². The van der Waals surface area contributed by atoms with Gasteiger partial charge in [0.15, 0.2) is 0 Å². The molecule has 1 aromatic carbocycles. The third-order valence-corrected chi connectivity index (χ3v) is 2.01.